The van der Waals surface area contributed by atoms with E-state index in [-0.39, 0.29) is 11.5 Å². The maximum atomic E-state index is 13.1. The molecule has 0 aliphatic rings. The summed E-state index contributed by atoms with van der Waals surface area (Å²) in [5.41, 5.74) is 11.0. The van der Waals surface area contributed by atoms with Crippen molar-refractivity contribution in [3.8, 4) is 0 Å². The predicted octanol–water partition coefficient (Wildman–Crippen LogP) is 4.66. The number of rotatable bonds is 9. The number of fused-ring (bicyclic) bond motifs is 1. The standard InChI is InChI=1S/C24H29N3O2S/c1-16-13-17(2)20(18(3)14-16)15-30-24-26-21-10-7-6-9-19(21)23(29)27(24)12-8-4-5-11-22(25)28/h6-7,9-10,13-14H,4-5,8,11-12,15H2,1-3H3,(H2,25,28). The minimum absolute atomic E-state index is 0.00430. The third-order valence-corrected chi connectivity index (χ3v) is 6.32. The minimum Gasteiger partial charge on any atom is -0.370 e. The Kier molecular flexibility index (Phi) is 7.32. The van der Waals surface area contributed by atoms with Gasteiger partial charge in [0, 0.05) is 18.7 Å². The summed E-state index contributed by atoms with van der Waals surface area (Å²) in [5, 5.41) is 1.38. The second kappa shape index (κ2) is 9.94. The van der Waals surface area contributed by atoms with Gasteiger partial charge in [0.15, 0.2) is 5.16 Å². The van der Waals surface area contributed by atoms with Gasteiger partial charge in [0.2, 0.25) is 5.91 Å². The van der Waals surface area contributed by atoms with Crippen molar-refractivity contribution in [2.75, 3.05) is 0 Å². The maximum Gasteiger partial charge on any atom is 0.262 e. The first-order valence-electron chi connectivity index (χ1n) is 10.3. The molecule has 6 heteroatoms. The molecule has 0 bridgehead atoms. The Labute approximate surface area is 181 Å². The van der Waals surface area contributed by atoms with Crippen molar-refractivity contribution in [2.24, 2.45) is 5.73 Å². The molecule has 30 heavy (non-hydrogen) atoms. The fourth-order valence-corrected chi connectivity index (χ4v) is 5.00. The molecule has 158 valence electrons. The summed E-state index contributed by atoms with van der Waals surface area (Å²) < 4.78 is 1.79. The number of carbonyl (C=O) groups excluding carboxylic acids is 1. The number of aryl methyl sites for hydroxylation is 3. The Morgan fingerprint density at radius 1 is 1.07 bits per heavy atom. The van der Waals surface area contributed by atoms with Gasteiger partial charge in [-0.2, -0.15) is 0 Å². The Morgan fingerprint density at radius 2 is 1.77 bits per heavy atom. The molecule has 1 amide bonds. The normalized spacial score (nSPS) is 11.2. The van der Waals surface area contributed by atoms with Gasteiger partial charge in [-0.1, -0.05) is 48.0 Å². The van der Waals surface area contributed by atoms with Crippen LogP contribution in [-0.2, 0) is 17.1 Å². The number of primary amides is 1. The summed E-state index contributed by atoms with van der Waals surface area (Å²) in [6.07, 6.45) is 2.79. The van der Waals surface area contributed by atoms with Crippen molar-refractivity contribution >= 4 is 28.6 Å². The maximum absolute atomic E-state index is 13.1. The van der Waals surface area contributed by atoms with Gasteiger partial charge in [0.1, 0.15) is 0 Å². The fourth-order valence-electron chi connectivity index (χ4n) is 3.78. The molecule has 0 saturated carbocycles. The van der Waals surface area contributed by atoms with E-state index in [4.69, 9.17) is 10.7 Å². The number of thioether (sulfide) groups is 1. The fraction of sp³-hybridized carbons (Fsp3) is 0.375. The van der Waals surface area contributed by atoms with Gasteiger partial charge in [-0.15, -0.1) is 0 Å². The average molecular weight is 424 g/mol. The van der Waals surface area contributed by atoms with Crippen LogP contribution in [0.5, 0.6) is 0 Å². The van der Waals surface area contributed by atoms with Crippen molar-refractivity contribution in [1.82, 2.24) is 9.55 Å². The van der Waals surface area contributed by atoms with Crippen molar-refractivity contribution in [1.29, 1.82) is 0 Å². The number of nitrogens with two attached hydrogens (primary N) is 1. The van der Waals surface area contributed by atoms with Crippen LogP contribution >= 0.6 is 11.8 Å². The topological polar surface area (TPSA) is 78.0 Å². The number of nitrogens with zero attached hydrogens (tertiary/aromatic N) is 2. The Morgan fingerprint density at radius 3 is 2.47 bits per heavy atom. The number of aromatic nitrogens is 2. The highest BCUT2D eigenvalue weighted by atomic mass is 32.2. The molecule has 3 rings (SSSR count). The summed E-state index contributed by atoms with van der Waals surface area (Å²) in [5.74, 6) is 0.490. The highest BCUT2D eigenvalue weighted by molar-refractivity contribution is 7.98. The van der Waals surface area contributed by atoms with Crippen LogP contribution in [0.2, 0.25) is 0 Å². The number of benzene rings is 2. The lowest BCUT2D eigenvalue weighted by atomic mass is 10.0. The number of para-hydroxylation sites is 1. The quantitative estimate of drug-likeness (QED) is 0.308. The summed E-state index contributed by atoms with van der Waals surface area (Å²) in [6.45, 7) is 6.96. The number of unbranched alkanes of at least 4 members (excludes halogenated alkanes) is 2. The molecule has 2 N–H and O–H groups in total. The Hall–Kier alpha value is -2.60. The van der Waals surface area contributed by atoms with E-state index in [1.54, 1.807) is 16.3 Å². The molecule has 0 spiro atoms. The number of carbonyl (C=O) groups is 1. The van der Waals surface area contributed by atoms with Crippen molar-refractivity contribution < 1.29 is 4.79 Å². The van der Waals surface area contributed by atoms with E-state index < -0.39 is 0 Å². The molecule has 0 atom stereocenters. The first-order chi connectivity index (χ1) is 14.4. The van der Waals surface area contributed by atoms with Gasteiger partial charge in [0.05, 0.1) is 10.9 Å². The monoisotopic (exact) mass is 423 g/mol. The van der Waals surface area contributed by atoms with Crippen LogP contribution in [0.1, 0.15) is 47.9 Å². The zero-order valence-corrected chi connectivity index (χ0v) is 18.7. The van der Waals surface area contributed by atoms with Crippen molar-refractivity contribution in [3.63, 3.8) is 0 Å². The van der Waals surface area contributed by atoms with E-state index in [0.717, 1.165) is 35.7 Å². The van der Waals surface area contributed by atoms with Crippen LogP contribution in [-0.4, -0.2) is 15.5 Å². The smallest absolute Gasteiger partial charge is 0.262 e. The molecular formula is C24H29N3O2S. The summed E-state index contributed by atoms with van der Waals surface area (Å²) in [4.78, 5) is 28.9. The predicted molar refractivity (Wildman–Crippen MR) is 124 cm³/mol. The third-order valence-electron chi connectivity index (χ3n) is 5.32. The van der Waals surface area contributed by atoms with E-state index in [1.807, 2.05) is 24.3 Å². The molecule has 3 aromatic rings. The van der Waals surface area contributed by atoms with Gasteiger partial charge in [0.25, 0.3) is 5.56 Å². The summed E-state index contributed by atoms with van der Waals surface area (Å²) in [7, 11) is 0. The third kappa shape index (κ3) is 5.30. The van der Waals surface area contributed by atoms with E-state index in [9.17, 15) is 9.59 Å². The van der Waals surface area contributed by atoms with Gasteiger partial charge < -0.3 is 5.73 Å². The summed E-state index contributed by atoms with van der Waals surface area (Å²) >= 11 is 1.61. The molecular weight excluding hydrogens is 394 g/mol. The van der Waals surface area contributed by atoms with E-state index in [0.29, 0.717) is 18.4 Å². The van der Waals surface area contributed by atoms with Gasteiger partial charge >= 0.3 is 0 Å². The van der Waals surface area contributed by atoms with E-state index in [1.165, 1.54) is 22.3 Å². The van der Waals surface area contributed by atoms with E-state index in [2.05, 4.69) is 32.9 Å². The van der Waals surface area contributed by atoms with Crippen LogP contribution in [0.4, 0.5) is 0 Å². The van der Waals surface area contributed by atoms with Crippen LogP contribution < -0.4 is 11.3 Å². The van der Waals surface area contributed by atoms with Gasteiger partial charge in [-0.25, -0.2) is 4.98 Å². The van der Waals surface area contributed by atoms with Crippen molar-refractivity contribution in [2.45, 2.75) is 63.9 Å². The first-order valence-corrected chi connectivity index (χ1v) is 11.3. The average Bonchev–Trinajstić information content (AvgIpc) is 2.68. The number of hydrogen-bond acceptors (Lipinski definition) is 4. The van der Waals surface area contributed by atoms with Crippen LogP contribution in [0.25, 0.3) is 10.9 Å². The molecule has 0 aliphatic heterocycles. The molecule has 0 aliphatic carbocycles. The lowest BCUT2D eigenvalue weighted by molar-refractivity contribution is -0.118. The second-order valence-electron chi connectivity index (χ2n) is 7.81. The SMILES string of the molecule is Cc1cc(C)c(CSc2nc3ccccc3c(=O)n2CCCCCC(N)=O)c(C)c1. The molecule has 0 unspecified atom stereocenters. The van der Waals surface area contributed by atoms with E-state index >= 15 is 0 Å². The molecule has 0 radical (unpaired) electrons. The zero-order valence-electron chi connectivity index (χ0n) is 17.9. The zero-order chi connectivity index (χ0) is 21.7. The van der Waals surface area contributed by atoms with Crippen LogP contribution in [0.15, 0.2) is 46.3 Å². The largest absolute Gasteiger partial charge is 0.370 e. The summed E-state index contributed by atoms with van der Waals surface area (Å²) in [6, 6.07) is 11.9. The lowest BCUT2D eigenvalue weighted by Crippen LogP contribution is -2.23. The molecule has 0 fully saturated rings. The minimum atomic E-state index is -0.278. The lowest BCUT2D eigenvalue weighted by Gasteiger charge is -2.15. The van der Waals surface area contributed by atoms with Gasteiger partial charge in [-0.05, 0) is 62.4 Å². The van der Waals surface area contributed by atoms with Gasteiger partial charge in [-0.3, -0.25) is 14.2 Å². The molecule has 1 heterocycles. The van der Waals surface area contributed by atoms with Crippen molar-refractivity contribution in [3.05, 3.63) is 69.0 Å². The van der Waals surface area contributed by atoms with Crippen LogP contribution in [0, 0.1) is 20.8 Å². The highest BCUT2D eigenvalue weighted by Crippen LogP contribution is 2.27. The molecule has 5 nitrogen and oxygen atoms in total. The number of hydrogen-bond donors (Lipinski definition) is 1. The second-order valence-corrected chi connectivity index (χ2v) is 8.75. The Balaban J connectivity index is 1.86. The number of amides is 1. The first kappa shape index (κ1) is 22.1. The molecule has 0 saturated heterocycles. The Bertz CT molecular complexity index is 1100. The highest BCUT2D eigenvalue weighted by Gasteiger charge is 2.13. The molecule has 2 aromatic carbocycles. The molecule has 1 aromatic heterocycles. The van der Waals surface area contributed by atoms with Crippen LogP contribution in [0.3, 0.4) is 0 Å².